The molecule has 1 N–H and O–H groups in total. The highest BCUT2D eigenvalue weighted by Crippen LogP contribution is 2.48. The van der Waals surface area contributed by atoms with Gasteiger partial charge in [-0.25, -0.2) is 0 Å². The summed E-state index contributed by atoms with van der Waals surface area (Å²) in [5, 5.41) is 5.24. The van der Waals surface area contributed by atoms with Crippen molar-refractivity contribution in [3.8, 4) is 0 Å². The Hall–Kier alpha value is -0.240. The summed E-state index contributed by atoms with van der Waals surface area (Å²) in [6, 6.07) is 6.25. The van der Waals surface area contributed by atoms with Gasteiger partial charge < -0.3 is 5.32 Å². The average Bonchev–Trinajstić information content (AvgIpc) is 2.42. The number of hydrogen-bond acceptors (Lipinski definition) is 1. The quantitative estimate of drug-likeness (QED) is 0.673. The molecule has 2 rings (SSSR count). The van der Waals surface area contributed by atoms with E-state index in [1.807, 2.05) is 12.1 Å². The summed E-state index contributed by atoms with van der Waals surface area (Å²) in [6.07, 6.45) is 6.37. The molecule has 2 atom stereocenters. The fraction of sp³-hybridized carbons (Fsp3) is 0.667. The Morgan fingerprint density at radius 2 is 2.05 bits per heavy atom. The van der Waals surface area contributed by atoms with Crippen LogP contribution in [0, 0.1) is 11.3 Å². The second-order valence-corrected chi connectivity index (χ2v) is 7.78. The van der Waals surface area contributed by atoms with Crippen molar-refractivity contribution < 1.29 is 0 Å². The van der Waals surface area contributed by atoms with E-state index in [-0.39, 0.29) is 0 Å². The highest BCUT2D eigenvalue weighted by atomic mass is 35.5. The van der Waals surface area contributed by atoms with Gasteiger partial charge in [-0.05, 0) is 54.8 Å². The molecule has 1 nitrogen and oxygen atoms in total. The molecule has 3 heteroatoms. The maximum atomic E-state index is 6.49. The lowest BCUT2D eigenvalue weighted by Crippen LogP contribution is -2.39. The van der Waals surface area contributed by atoms with Gasteiger partial charge in [0.05, 0.1) is 0 Å². The Bertz CT molecular complexity index is 470. The van der Waals surface area contributed by atoms with Crippen LogP contribution in [0.3, 0.4) is 0 Å². The van der Waals surface area contributed by atoms with Crippen LogP contribution in [-0.4, -0.2) is 6.54 Å². The second kappa shape index (κ2) is 7.35. The Morgan fingerprint density at radius 3 is 2.67 bits per heavy atom. The lowest BCUT2D eigenvalue weighted by molar-refractivity contribution is 0.0982. The maximum Gasteiger partial charge on any atom is 0.0468 e. The number of halogens is 2. The van der Waals surface area contributed by atoms with E-state index in [0.29, 0.717) is 22.4 Å². The Morgan fingerprint density at radius 1 is 1.29 bits per heavy atom. The predicted molar refractivity (Wildman–Crippen MR) is 93.2 cm³/mol. The van der Waals surface area contributed by atoms with E-state index in [2.05, 4.69) is 32.2 Å². The van der Waals surface area contributed by atoms with E-state index < -0.39 is 0 Å². The third-order valence-electron chi connectivity index (χ3n) is 4.90. The van der Waals surface area contributed by atoms with Crippen LogP contribution >= 0.6 is 23.2 Å². The Labute approximate surface area is 139 Å². The Kier molecular flexibility index (Phi) is 5.99. The minimum absolute atomic E-state index is 0.324. The molecule has 0 saturated heterocycles. The molecule has 0 radical (unpaired) electrons. The van der Waals surface area contributed by atoms with Crippen LogP contribution in [0.25, 0.3) is 0 Å². The van der Waals surface area contributed by atoms with E-state index in [1.165, 1.54) is 31.2 Å². The van der Waals surface area contributed by atoms with Crippen LogP contribution in [0.15, 0.2) is 18.2 Å². The third kappa shape index (κ3) is 4.15. The molecule has 21 heavy (non-hydrogen) atoms. The molecule has 1 aliphatic carbocycles. The van der Waals surface area contributed by atoms with Gasteiger partial charge in [-0.3, -0.25) is 0 Å². The van der Waals surface area contributed by atoms with Crippen LogP contribution in [-0.2, 0) is 0 Å². The molecule has 1 fully saturated rings. The van der Waals surface area contributed by atoms with E-state index in [9.17, 15) is 0 Å². The van der Waals surface area contributed by atoms with Crippen molar-refractivity contribution in [2.75, 3.05) is 6.54 Å². The average molecular weight is 328 g/mol. The molecular weight excluding hydrogens is 301 g/mol. The molecule has 0 aliphatic heterocycles. The van der Waals surface area contributed by atoms with Crippen molar-refractivity contribution in [2.24, 2.45) is 11.3 Å². The van der Waals surface area contributed by atoms with Gasteiger partial charge in [-0.1, -0.05) is 62.9 Å². The first kappa shape index (κ1) is 17.1. The zero-order valence-corrected chi connectivity index (χ0v) is 14.9. The maximum absolute atomic E-state index is 6.49. The Balaban J connectivity index is 2.32. The van der Waals surface area contributed by atoms with Gasteiger partial charge in [0.15, 0.2) is 0 Å². The van der Waals surface area contributed by atoms with Crippen molar-refractivity contribution in [1.29, 1.82) is 0 Å². The zero-order valence-electron chi connectivity index (χ0n) is 13.4. The summed E-state index contributed by atoms with van der Waals surface area (Å²) in [4.78, 5) is 0. The zero-order chi connectivity index (χ0) is 15.5. The van der Waals surface area contributed by atoms with Crippen LogP contribution in [0.5, 0.6) is 0 Å². The van der Waals surface area contributed by atoms with Crippen LogP contribution in [0.2, 0.25) is 10.0 Å². The molecule has 0 bridgehead atoms. The first-order chi connectivity index (χ1) is 9.95. The fourth-order valence-corrected chi connectivity index (χ4v) is 4.19. The minimum Gasteiger partial charge on any atom is -0.310 e. The van der Waals surface area contributed by atoms with Gasteiger partial charge in [0.2, 0.25) is 0 Å². The number of hydrogen-bond donors (Lipinski definition) is 1. The summed E-state index contributed by atoms with van der Waals surface area (Å²) in [7, 11) is 0. The van der Waals surface area contributed by atoms with Gasteiger partial charge in [-0.15, -0.1) is 0 Å². The topological polar surface area (TPSA) is 12.0 Å². The standard InChI is InChI=1S/C18H27Cl2N/c1-4-11-21-17(14-9-8-13(19)12-16(14)20)15-7-5-6-10-18(15,2)3/h8-9,12,15,17,21H,4-7,10-11H2,1-3H3. The normalized spacial score (nSPS) is 23.0. The highest BCUT2D eigenvalue weighted by molar-refractivity contribution is 6.35. The third-order valence-corrected chi connectivity index (χ3v) is 5.47. The SMILES string of the molecule is CCCNC(c1ccc(Cl)cc1Cl)C1CCCCC1(C)C. The summed E-state index contributed by atoms with van der Waals surface area (Å²) in [6.45, 7) is 8.04. The first-order valence-electron chi connectivity index (χ1n) is 8.14. The smallest absolute Gasteiger partial charge is 0.0468 e. The molecule has 0 spiro atoms. The summed E-state index contributed by atoms with van der Waals surface area (Å²) in [5.41, 5.74) is 1.56. The van der Waals surface area contributed by atoms with Crippen LogP contribution in [0.1, 0.15) is 64.5 Å². The summed E-state index contributed by atoms with van der Waals surface area (Å²) in [5.74, 6) is 0.622. The lowest BCUT2D eigenvalue weighted by Gasteiger charge is -2.44. The van der Waals surface area contributed by atoms with E-state index in [0.717, 1.165) is 18.0 Å². The number of rotatable bonds is 5. The van der Waals surface area contributed by atoms with Crippen molar-refractivity contribution in [2.45, 2.75) is 58.9 Å². The van der Waals surface area contributed by atoms with Gasteiger partial charge in [0.1, 0.15) is 0 Å². The second-order valence-electron chi connectivity index (χ2n) is 6.94. The number of nitrogens with one attached hydrogen (secondary N) is 1. The number of benzene rings is 1. The van der Waals surface area contributed by atoms with Crippen molar-refractivity contribution >= 4 is 23.2 Å². The molecular formula is C18H27Cl2N. The molecule has 1 aromatic rings. The van der Waals surface area contributed by atoms with Gasteiger partial charge in [-0.2, -0.15) is 0 Å². The van der Waals surface area contributed by atoms with E-state index in [4.69, 9.17) is 23.2 Å². The minimum atomic E-state index is 0.324. The van der Waals surface area contributed by atoms with Crippen LogP contribution in [0.4, 0.5) is 0 Å². The molecule has 1 aliphatic rings. The fourth-order valence-electron chi connectivity index (χ4n) is 3.66. The van der Waals surface area contributed by atoms with Crippen LogP contribution < -0.4 is 5.32 Å². The highest BCUT2D eigenvalue weighted by Gasteiger charge is 2.38. The molecule has 2 unspecified atom stereocenters. The molecule has 1 saturated carbocycles. The monoisotopic (exact) mass is 327 g/mol. The van der Waals surface area contributed by atoms with E-state index >= 15 is 0 Å². The first-order valence-corrected chi connectivity index (χ1v) is 8.89. The molecule has 0 heterocycles. The lowest BCUT2D eigenvalue weighted by atomic mass is 9.64. The summed E-state index contributed by atoms with van der Waals surface area (Å²) >= 11 is 12.6. The molecule has 118 valence electrons. The van der Waals surface area contributed by atoms with Crippen molar-refractivity contribution in [3.05, 3.63) is 33.8 Å². The molecule has 0 amide bonds. The van der Waals surface area contributed by atoms with Gasteiger partial charge >= 0.3 is 0 Å². The predicted octanol–water partition coefficient (Wildman–Crippen LogP) is 6.25. The van der Waals surface area contributed by atoms with Gasteiger partial charge in [0, 0.05) is 16.1 Å². The summed E-state index contributed by atoms with van der Waals surface area (Å²) < 4.78 is 0. The van der Waals surface area contributed by atoms with Crippen molar-refractivity contribution in [1.82, 2.24) is 5.32 Å². The van der Waals surface area contributed by atoms with Gasteiger partial charge in [0.25, 0.3) is 0 Å². The van der Waals surface area contributed by atoms with E-state index in [1.54, 1.807) is 0 Å². The van der Waals surface area contributed by atoms with Crippen molar-refractivity contribution in [3.63, 3.8) is 0 Å². The molecule has 1 aromatic carbocycles. The molecule has 0 aromatic heterocycles. The largest absolute Gasteiger partial charge is 0.310 e.